The van der Waals surface area contributed by atoms with Crippen molar-refractivity contribution in [1.82, 2.24) is 9.88 Å². The molecular formula is C20H24N2O2. The summed E-state index contributed by atoms with van der Waals surface area (Å²) in [4.78, 5) is 7.21. The Hall–Kier alpha value is -1.65. The molecule has 3 aliphatic rings. The molecule has 4 heterocycles. The number of rotatable bonds is 3. The average molecular weight is 324 g/mol. The van der Waals surface area contributed by atoms with Gasteiger partial charge in [0.15, 0.2) is 0 Å². The molecule has 2 unspecified atom stereocenters. The SMILES string of the molecule is CC[C@@]12C[C@H]3CN(C1)[C@@H](C2)C(c1ccnc2ccc(OC)cc12)O3. The van der Waals surface area contributed by atoms with Crippen molar-refractivity contribution < 1.29 is 9.47 Å². The predicted octanol–water partition coefficient (Wildman–Crippen LogP) is 3.56. The number of aromatic nitrogens is 1. The van der Waals surface area contributed by atoms with E-state index in [1.807, 2.05) is 18.3 Å². The molecular weight excluding hydrogens is 300 g/mol. The van der Waals surface area contributed by atoms with E-state index in [1.54, 1.807) is 7.11 Å². The minimum absolute atomic E-state index is 0.150. The molecule has 0 aliphatic carbocycles. The normalized spacial score (nSPS) is 37.1. The first-order valence-corrected chi connectivity index (χ1v) is 9.03. The van der Waals surface area contributed by atoms with Crippen LogP contribution in [0.4, 0.5) is 0 Å². The van der Waals surface area contributed by atoms with Crippen LogP contribution in [0.5, 0.6) is 5.75 Å². The highest BCUT2D eigenvalue weighted by atomic mass is 16.5. The highest BCUT2D eigenvalue weighted by molar-refractivity contribution is 5.84. The zero-order chi connectivity index (χ0) is 16.3. The molecule has 0 radical (unpaired) electrons. The first-order valence-electron chi connectivity index (χ1n) is 9.03. The van der Waals surface area contributed by atoms with Gasteiger partial charge in [0.25, 0.3) is 0 Å². The van der Waals surface area contributed by atoms with Crippen LogP contribution in [0.2, 0.25) is 0 Å². The van der Waals surface area contributed by atoms with Crippen LogP contribution in [-0.4, -0.2) is 42.2 Å². The minimum Gasteiger partial charge on any atom is -0.497 e. The van der Waals surface area contributed by atoms with Crippen LogP contribution >= 0.6 is 0 Å². The van der Waals surface area contributed by atoms with E-state index in [2.05, 4.69) is 28.9 Å². The summed E-state index contributed by atoms with van der Waals surface area (Å²) in [6, 6.07) is 8.77. The molecule has 0 saturated carbocycles. The van der Waals surface area contributed by atoms with Gasteiger partial charge < -0.3 is 9.47 Å². The molecule has 4 heteroatoms. The highest BCUT2D eigenvalue weighted by Crippen LogP contribution is 2.54. The van der Waals surface area contributed by atoms with Gasteiger partial charge in [0.05, 0.1) is 24.8 Å². The van der Waals surface area contributed by atoms with E-state index < -0.39 is 0 Å². The second-order valence-corrected chi connectivity index (χ2v) is 7.72. The van der Waals surface area contributed by atoms with Crippen molar-refractivity contribution in [2.45, 2.75) is 44.4 Å². The third kappa shape index (κ3) is 2.02. The molecule has 3 saturated heterocycles. The Morgan fingerprint density at radius 2 is 2.25 bits per heavy atom. The number of morpholine rings is 1. The van der Waals surface area contributed by atoms with Crippen molar-refractivity contribution in [3.63, 3.8) is 0 Å². The fourth-order valence-electron chi connectivity index (χ4n) is 5.23. The number of ether oxygens (including phenoxy) is 2. The van der Waals surface area contributed by atoms with E-state index in [0.29, 0.717) is 17.6 Å². The fourth-order valence-corrected chi connectivity index (χ4v) is 5.23. The Bertz CT molecular complexity index is 792. The van der Waals surface area contributed by atoms with Gasteiger partial charge in [-0.1, -0.05) is 6.92 Å². The van der Waals surface area contributed by atoms with Crippen molar-refractivity contribution in [1.29, 1.82) is 0 Å². The van der Waals surface area contributed by atoms with Crippen molar-refractivity contribution in [2.24, 2.45) is 5.41 Å². The quantitative estimate of drug-likeness (QED) is 0.865. The molecule has 126 valence electrons. The van der Waals surface area contributed by atoms with Gasteiger partial charge in [0.1, 0.15) is 5.75 Å². The Morgan fingerprint density at radius 3 is 3.08 bits per heavy atom. The molecule has 2 aromatic rings. The van der Waals surface area contributed by atoms with Gasteiger partial charge in [0, 0.05) is 30.7 Å². The molecule has 4 nitrogen and oxygen atoms in total. The van der Waals surface area contributed by atoms with Gasteiger partial charge in [0.2, 0.25) is 0 Å². The second-order valence-electron chi connectivity index (χ2n) is 7.72. The van der Waals surface area contributed by atoms with Gasteiger partial charge in [-0.2, -0.15) is 0 Å². The molecule has 3 fully saturated rings. The average Bonchev–Trinajstić information content (AvgIpc) is 2.82. The maximum Gasteiger partial charge on any atom is 0.119 e. The number of nitrogens with zero attached hydrogens (tertiary/aromatic N) is 2. The Labute approximate surface area is 142 Å². The summed E-state index contributed by atoms with van der Waals surface area (Å²) in [6.07, 6.45) is 6.19. The molecule has 1 aromatic heterocycles. The van der Waals surface area contributed by atoms with E-state index in [-0.39, 0.29) is 6.10 Å². The monoisotopic (exact) mass is 324 g/mol. The van der Waals surface area contributed by atoms with Crippen LogP contribution in [-0.2, 0) is 4.74 Å². The predicted molar refractivity (Wildman–Crippen MR) is 93.2 cm³/mol. The molecule has 5 rings (SSSR count). The lowest BCUT2D eigenvalue weighted by Gasteiger charge is -2.44. The largest absolute Gasteiger partial charge is 0.497 e. The lowest BCUT2D eigenvalue weighted by Crippen LogP contribution is -2.51. The number of hydrogen-bond acceptors (Lipinski definition) is 4. The number of pyridine rings is 1. The van der Waals surface area contributed by atoms with Crippen LogP contribution in [0, 0.1) is 5.41 Å². The molecule has 5 atom stereocenters. The van der Waals surface area contributed by atoms with Gasteiger partial charge >= 0.3 is 0 Å². The Morgan fingerprint density at radius 1 is 1.33 bits per heavy atom. The molecule has 0 spiro atoms. The van der Waals surface area contributed by atoms with E-state index in [9.17, 15) is 0 Å². The standard InChI is InChI=1S/C20H24N2O2/c1-3-20-9-14-11-22(12-20)18(10-20)19(24-14)15-6-7-21-17-5-4-13(23-2)8-16(15)17/h4-8,14,18-19H,3,9-12H2,1-2H3/t14-,18-,19?,20-/m0/s1. The first kappa shape index (κ1) is 14.7. The summed E-state index contributed by atoms with van der Waals surface area (Å²) in [5.74, 6) is 0.880. The zero-order valence-corrected chi connectivity index (χ0v) is 14.4. The van der Waals surface area contributed by atoms with Gasteiger partial charge in [-0.25, -0.2) is 0 Å². The molecule has 0 amide bonds. The maximum absolute atomic E-state index is 6.60. The molecule has 0 N–H and O–H groups in total. The van der Waals surface area contributed by atoms with Crippen molar-refractivity contribution >= 4 is 10.9 Å². The molecule has 1 aromatic carbocycles. The molecule has 24 heavy (non-hydrogen) atoms. The minimum atomic E-state index is 0.150. The van der Waals surface area contributed by atoms with Gasteiger partial charge in [-0.05, 0) is 54.5 Å². The lowest BCUT2D eigenvalue weighted by atomic mass is 9.77. The van der Waals surface area contributed by atoms with Crippen LogP contribution in [0.25, 0.3) is 10.9 Å². The second kappa shape index (κ2) is 5.17. The Balaban J connectivity index is 1.61. The van der Waals surface area contributed by atoms with E-state index >= 15 is 0 Å². The number of benzene rings is 1. The van der Waals surface area contributed by atoms with E-state index in [1.165, 1.54) is 36.8 Å². The summed E-state index contributed by atoms with van der Waals surface area (Å²) in [5.41, 5.74) is 2.76. The van der Waals surface area contributed by atoms with Gasteiger partial charge in [-0.3, -0.25) is 9.88 Å². The van der Waals surface area contributed by atoms with Crippen molar-refractivity contribution in [3.8, 4) is 5.75 Å². The summed E-state index contributed by atoms with van der Waals surface area (Å²) < 4.78 is 12.0. The van der Waals surface area contributed by atoms with Crippen LogP contribution in [0.15, 0.2) is 30.5 Å². The number of piperidine rings is 1. The summed E-state index contributed by atoms with van der Waals surface area (Å²) in [6.45, 7) is 4.70. The molecule has 3 bridgehead atoms. The number of methoxy groups -OCH3 is 1. The highest BCUT2D eigenvalue weighted by Gasteiger charge is 2.55. The number of fused-ring (bicyclic) bond motifs is 3. The fraction of sp³-hybridized carbons (Fsp3) is 0.550. The summed E-state index contributed by atoms with van der Waals surface area (Å²) in [7, 11) is 1.72. The van der Waals surface area contributed by atoms with Crippen LogP contribution < -0.4 is 4.74 Å². The van der Waals surface area contributed by atoms with E-state index in [4.69, 9.17) is 9.47 Å². The Kier molecular flexibility index (Phi) is 3.16. The smallest absolute Gasteiger partial charge is 0.119 e. The molecule has 3 aliphatic heterocycles. The van der Waals surface area contributed by atoms with Crippen LogP contribution in [0.1, 0.15) is 37.9 Å². The van der Waals surface area contributed by atoms with E-state index in [0.717, 1.165) is 17.8 Å². The third-order valence-electron chi connectivity index (χ3n) is 6.48. The number of hydrogen-bond donors (Lipinski definition) is 0. The van der Waals surface area contributed by atoms with Crippen molar-refractivity contribution in [2.75, 3.05) is 20.2 Å². The lowest BCUT2D eigenvalue weighted by molar-refractivity contribution is -0.125. The topological polar surface area (TPSA) is 34.6 Å². The van der Waals surface area contributed by atoms with Crippen molar-refractivity contribution in [3.05, 3.63) is 36.0 Å². The summed E-state index contributed by atoms with van der Waals surface area (Å²) >= 11 is 0. The first-order chi connectivity index (χ1) is 11.7. The van der Waals surface area contributed by atoms with Crippen LogP contribution in [0.3, 0.4) is 0 Å². The zero-order valence-electron chi connectivity index (χ0n) is 14.4. The summed E-state index contributed by atoms with van der Waals surface area (Å²) in [5, 5.41) is 1.17. The van der Waals surface area contributed by atoms with Gasteiger partial charge in [-0.15, -0.1) is 0 Å². The maximum atomic E-state index is 6.60. The third-order valence-corrected chi connectivity index (χ3v) is 6.48.